The monoisotopic (exact) mass is 514 g/mol. The molecule has 0 atom stereocenters. The molecule has 0 aromatic heterocycles. The van der Waals surface area contributed by atoms with E-state index in [-0.39, 0.29) is 51.0 Å². The summed E-state index contributed by atoms with van der Waals surface area (Å²) in [4.78, 5) is 0. The maximum Gasteiger partial charge on any atom is 4.00 e. The van der Waals surface area contributed by atoms with Crippen molar-refractivity contribution in [3.63, 3.8) is 0 Å². The van der Waals surface area contributed by atoms with Crippen molar-refractivity contribution >= 4 is 43.1 Å². The molecule has 0 fully saturated rings. The molecule has 0 heterocycles. The van der Waals surface area contributed by atoms with Crippen LogP contribution in [0.2, 0.25) is 0 Å². The van der Waals surface area contributed by atoms with Crippen molar-refractivity contribution in [2.75, 3.05) is 0 Å². The van der Waals surface area contributed by atoms with Gasteiger partial charge in [-0.15, -0.1) is 82.2 Å². The third-order valence-corrected chi connectivity index (χ3v) is 5.06. The van der Waals surface area contributed by atoms with Crippen molar-refractivity contribution in [2.24, 2.45) is 0 Å². The molecule has 0 aliphatic carbocycles. The maximum absolute atomic E-state index is 3.24. The predicted octanol–water partition coefficient (Wildman–Crippen LogP) is 1.59. The number of hydrogen-bond acceptors (Lipinski definition) is 0. The van der Waals surface area contributed by atoms with E-state index in [1.165, 1.54) is 43.1 Å². The third-order valence-electron chi connectivity index (χ3n) is 5.06. The summed E-state index contributed by atoms with van der Waals surface area (Å²) < 4.78 is 0. The molecule has 6 aromatic carbocycles. The van der Waals surface area contributed by atoms with Gasteiger partial charge in [-0.3, -0.25) is 0 Å². The van der Waals surface area contributed by atoms with Gasteiger partial charge in [-0.2, -0.15) is 0 Å². The van der Waals surface area contributed by atoms with Crippen LogP contribution in [0.25, 0.3) is 43.1 Å². The largest absolute Gasteiger partial charge is 4.00 e. The van der Waals surface area contributed by atoms with Gasteiger partial charge in [0.1, 0.15) is 0 Å². The quantitative estimate of drug-likeness (QED) is 0.213. The van der Waals surface area contributed by atoms with E-state index in [9.17, 15) is 0 Å². The van der Waals surface area contributed by atoms with Gasteiger partial charge in [-0.1, -0.05) is 71.4 Å². The molecule has 31 heavy (non-hydrogen) atoms. The molecular weight excluding hydrogens is 498 g/mol. The Bertz CT molecular complexity index is 1110. The summed E-state index contributed by atoms with van der Waals surface area (Å²) in [6.07, 6.45) is 0. The van der Waals surface area contributed by atoms with Gasteiger partial charge >= 0.3 is 26.2 Å². The molecule has 0 bridgehead atoms. The molecule has 0 radical (unpaired) electrons. The number of halogens is 2. The van der Waals surface area contributed by atoms with Gasteiger partial charge < -0.3 is 24.8 Å². The van der Waals surface area contributed by atoms with Crippen LogP contribution < -0.4 is 24.8 Å². The van der Waals surface area contributed by atoms with Crippen LogP contribution >= 0.6 is 0 Å². The molecular formula is C28H18Cl2Zr. The van der Waals surface area contributed by atoms with E-state index in [2.05, 4.69) is 97.1 Å². The second kappa shape index (κ2) is 11.4. The topological polar surface area (TPSA) is 0 Å². The van der Waals surface area contributed by atoms with Gasteiger partial charge in [0.15, 0.2) is 0 Å². The Hall–Kier alpha value is -2.18. The molecule has 0 saturated heterocycles. The van der Waals surface area contributed by atoms with E-state index < -0.39 is 0 Å². The van der Waals surface area contributed by atoms with Crippen LogP contribution in [0.1, 0.15) is 0 Å². The second-order valence-electron chi connectivity index (χ2n) is 6.91. The summed E-state index contributed by atoms with van der Waals surface area (Å²) >= 11 is 0. The number of benzene rings is 6. The minimum atomic E-state index is 0. The molecule has 0 N–H and O–H groups in total. The van der Waals surface area contributed by atoms with Crippen LogP contribution in [-0.4, -0.2) is 0 Å². The molecule has 0 nitrogen and oxygen atoms in total. The summed E-state index contributed by atoms with van der Waals surface area (Å²) in [5.41, 5.74) is 0. The third kappa shape index (κ3) is 5.55. The number of rotatable bonds is 0. The Balaban J connectivity index is 0.000000201. The Morgan fingerprint density at radius 3 is 1.10 bits per heavy atom. The Labute approximate surface area is 214 Å². The smallest absolute Gasteiger partial charge is 1.00 e. The van der Waals surface area contributed by atoms with Crippen molar-refractivity contribution in [3.05, 3.63) is 121 Å². The van der Waals surface area contributed by atoms with E-state index in [1.807, 2.05) is 24.3 Å². The molecule has 3 heteroatoms. The molecule has 0 aliphatic heterocycles. The molecule has 0 saturated carbocycles. The summed E-state index contributed by atoms with van der Waals surface area (Å²) in [6, 6.07) is 44.3. The summed E-state index contributed by atoms with van der Waals surface area (Å²) in [6.45, 7) is 0. The molecule has 148 valence electrons. The standard InChI is InChI=1S/2C14H9.2ClH.Zr/c2*1-2-6-12-10-14-8-4-3-7-13(14)9-11(12)5-1;;;/h2*1-7,9-10H;2*1H;/q2*-1;;;+4/p-2. The van der Waals surface area contributed by atoms with Crippen molar-refractivity contribution in [2.45, 2.75) is 0 Å². The minimum Gasteiger partial charge on any atom is -1.00 e. The van der Waals surface area contributed by atoms with E-state index in [4.69, 9.17) is 0 Å². The maximum atomic E-state index is 3.24. The zero-order valence-corrected chi connectivity index (χ0v) is 20.6. The van der Waals surface area contributed by atoms with Gasteiger partial charge in [-0.05, 0) is 10.8 Å². The van der Waals surface area contributed by atoms with Crippen molar-refractivity contribution in [1.29, 1.82) is 0 Å². The Morgan fingerprint density at radius 2 is 0.710 bits per heavy atom. The fourth-order valence-corrected chi connectivity index (χ4v) is 3.62. The van der Waals surface area contributed by atoms with Crippen molar-refractivity contribution in [1.82, 2.24) is 0 Å². The van der Waals surface area contributed by atoms with Crippen LogP contribution in [0.15, 0.2) is 109 Å². The van der Waals surface area contributed by atoms with Crippen LogP contribution in [0.5, 0.6) is 0 Å². The Morgan fingerprint density at radius 1 is 0.387 bits per heavy atom. The first-order chi connectivity index (χ1) is 13.9. The van der Waals surface area contributed by atoms with Gasteiger partial charge in [0.2, 0.25) is 0 Å². The zero-order chi connectivity index (χ0) is 18.8. The summed E-state index contributed by atoms with van der Waals surface area (Å²) in [5, 5.41) is 10.0. The second-order valence-corrected chi connectivity index (χ2v) is 6.91. The number of fused-ring (bicyclic) bond motifs is 4. The molecule has 0 amide bonds. The fraction of sp³-hybridized carbons (Fsp3) is 0. The van der Waals surface area contributed by atoms with Crippen molar-refractivity contribution in [3.8, 4) is 0 Å². The van der Waals surface area contributed by atoms with Crippen LogP contribution in [0.4, 0.5) is 0 Å². The molecule has 6 rings (SSSR count). The van der Waals surface area contributed by atoms with E-state index in [1.54, 1.807) is 0 Å². The first-order valence-corrected chi connectivity index (χ1v) is 9.45. The van der Waals surface area contributed by atoms with Crippen LogP contribution in [0, 0.1) is 12.1 Å². The predicted molar refractivity (Wildman–Crippen MR) is 121 cm³/mol. The molecule has 0 spiro atoms. The van der Waals surface area contributed by atoms with E-state index >= 15 is 0 Å². The number of hydrogen-bond donors (Lipinski definition) is 0. The Kier molecular flexibility index (Phi) is 9.26. The fourth-order valence-electron chi connectivity index (χ4n) is 3.62. The molecule has 6 aromatic rings. The normalized spacial score (nSPS) is 9.81. The van der Waals surface area contributed by atoms with Crippen molar-refractivity contribution < 1.29 is 51.0 Å². The van der Waals surface area contributed by atoms with E-state index in [0.29, 0.717) is 0 Å². The van der Waals surface area contributed by atoms with Gasteiger partial charge in [0, 0.05) is 0 Å². The first kappa shape index (κ1) is 25.1. The summed E-state index contributed by atoms with van der Waals surface area (Å²) in [5.74, 6) is 0. The van der Waals surface area contributed by atoms with Gasteiger partial charge in [0.25, 0.3) is 0 Å². The SMILES string of the molecule is [Cl-].[Cl-].[Zr+4].[c-]1cccc2cc3ccccc3cc12.[c-]1cccc2cc3ccccc3cc12. The molecule has 0 aliphatic rings. The van der Waals surface area contributed by atoms with Crippen LogP contribution in [-0.2, 0) is 26.2 Å². The minimum absolute atomic E-state index is 0. The van der Waals surface area contributed by atoms with Gasteiger partial charge in [0.05, 0.1) is 0 Å². The van der Waals surface area contributed by atoms with E-state index in [0.717, 1.165) is 0 Å². The average molecular weight is 517 g/mol. The van der Waals surface area contributed by atoms with Gasteiger partial charge in [-0.25, -0.2) is 0 Å². The molecule has 0 unspecified atom stereocenters. The first-order valence-electron chi connectivity index (χ1n) is 9.45. The summed E-state index contributed by atoms with van der Waals surface area (Å²) in [7, 11) is 0. The average Bonchev–Trinajstić information content (AvgIpc) is 2.76. The zero-order valence-electron chi connectivity index (χ0n) is 16.6. The van der Waals surface area contributed by atoms with Crippen LogP contribution in [0.3, 0.4) is 0 Å².